The molecule has 0 fully saturated rings. The van der Waals surface area contributed by atoms with Crippen molar-refractivity contribution in [1.29, 1.82) is 0 Å². The Hall–Kier alpha value is -0.830. The first-order valence-electron chi connectivity index (χ1n) is 5.84. The monoisotopic (exact) mass is 210 g/mol. The van der Waals surface area contributed by atoms with Crippen molar-refractivity contribution in [3.05, 3.63) is 17.0 Å². The highest BCUT2D eigenvalue weighted by Crippen LogP contribution is 2.12. The van der Waals surface area contributed by atoms with Crippen LogP contribution in [-0.4, -0.2) is 17.7 Å². The minimum absolute atomic E-state index is 0.644. The summed E-state index contributed by atoms with van der Waals surface area (Å²) in [5, 5.41) is 7.49. The summed E-state index contributed by atoms with van der Waals surface area (Å²) >= 11 is 0. The number of rotatable bonds is 6. The molecular weight excluding hydrogens is 188 g/mol. The molecule has 0 spiro atoms. The maximum atomic E-state index is 5.13. The lowest BCUT2D eigenvalue weighted by molar-refractivity contribution is 0.392. The second kappa shape index (κ2) is 5.91. The third-order valence-electron chi connectivity index (χ3n) is 2.97. The first kappa shape index (κ1) is 12.2. The Kier molecular flexibility index (Phi) is 4.82. The fourth-order valence-corrected chi connectivity index (χ4v) is 1.84. The van der Waals surface area contributed by atoms with Gasteiger partial charge in [0.25, 0.3) is 0 Å². The summed E-state index contributed by atoms with van der Waals surface area (Å²) in [6, 6.07) is 0.644. The van der Waals surface area contributed by atoms with Gasteiger partial charge >= 0.3 is 0 Å². The Bertz CT molecular complexity index is 270. The molecule has 1 rings (SSSR count). The van der Waals surface area contributed by atoms with E-state index in [-0.39, 0.29) is 0 Å². The molecule has 1 aromatic heterocycles. The van der Waals surface area contributed by atoms with Crippen molar-refractivity contribution in [3.63, 3.8) is 0 Å². The summed E-state index contributed by atoms with van der Waals surface area (Å²) in [5.41, 5.74) is 2.28. The molecular formula is C12H22N2O. The van der Waals surface area contributed by atoms with Gasteiger partial charge in [-0.3, -0.25) is 0 Å². The second-order valence-corrected chi connectivity index (χ2v) is 4.02. The summed E-state index contributed by atoms with van der Waals surface area (Å²) < 4.78 is 5.13. The fraction of sp³-hybridized carbons (Fsp3) is 0.750. The van der Waals surface area contributed by atoms with Crippen molar-refractivity contribution in [2.24, 2.45) is 0 Å². The van der Waals surface area contributed by atoms with E-state index in [4.69, 9.17) is 4.52 Å². The molecule has 86 valence electrons. The van der Waals surface area contributed by atoms with E-state index < -0.39 is 0 Å². The lowest BCUT2D eigenvalue weighted by atomic mass is 10.1. The third kappa shape index (κ3) is 3.34. The predicted octanol–water partition coefficient (Wildman–Crippen LogP) is 2.61. The number of aryl methyl sites for hydroxylation is 2. The maximum Gasteiger partial charge on any atom is 0.137 e. The molecule has 0 unspecified atom stereocenters. The van der Waals surface area contributed by atoms with Crippen molar-refractivity contribution in [3.8, 4) is 0 Å². The van der Waals surface area contributed by atoms with E-state index in [0.717, 1.165) is 24.4 Å². The Morgan fingerprint density at radius 1 is 1.27 bits per heavy atom. The molecule has 1 heterocycles. The fourth-order valence-electron chi connectivity index (χ4n) is 1.84. The molecule has 3 heteroatoms. The first-order valence-corrected chi connectivity index (χ1v) is 5.84. The molecule has 15 heavy (non-hydrogen) atoms. The standard InChI is InChI=1S/C12H22N2O/c1-5-11(6-2)13-8-7-12-9(3)14-15-10(12)4/h11,13H,5-8H2,1-4H3. The van der Waals surface area contributed by atoms with Gasteiger partial charge in [-0.15, -0.1) is 0 Å². The minimum Gasteiger partial charge on any atom is -0.361 e. The van der Waals surface area contributed by atoms with Crippen LogP contribution in [0.25, 0.3) is 0 Å². The van der Waals surface area contributed by atoms with Crippen LogP contribution in [0.3, 0.4) is 0 Å². The first-order chi connectivity index (χ1) is 7.19. The highest BCUT2D eigenvalue weighted by atomic mass is 16.5. The Morgan fingerprint density at radius 3 is 2.40 bits per heavy atom. The van der Waals surface area contributed by atoms with Gasteiger partial charge < -0.3 is 9.84 Å². The molecule has 0 radical (unpaired) electrons. The van der Waals surface area contributed by atoms with Crippen LogP contribution in [0.2, 0.25) is 0 Å². The van der Waals surface area contributed by atoms with E-state index in [1.54, 1.807) is 0 Å². The van der Waals surface area contributed by atoms with Crippen LogP contribution < -0.4 is 5.32 Å². The molecule has 0 atom stereocenters. The molecule has 0 amide bonds. The number of hydrogen-bond donors (Lipinski definition) is 1. The van der Waals surface area contributed by atoms with E-state index in [1.807, 2.05) is 13.8 Å². The topological polar surface area (TPSA) is 38.1 Å². The van der Waals surface area contributed by atoms with Crippen molar-refractivity contribution in [2.45, 2.75) is 53.0 Å². The number of nitrogens with one attached hydrogen (secondary N) is 1. The van der Waals surface area contributed by atoms with Crippen molar-refractivity contribution >= 4 is 0 Å². The summed E-state index contributed by atoms with van der Waals surface area (Å²) in [6.45, 7) is 9.43. The van der Waals surface area contributed by atoms with Crippen LogP contribution in [0.15, 0.2) is 4.52 Å². The summed E-state index contributed by atoms with van der Waals surface area (Å²) in [7, 11) is 0. The van der Waals surface area contributed by atoms with Crippen molar-refractivity contribution in [1.82, 2.24) is 10.5 Å². The van der Waals surface area contributed by atoms with Crippen molar-refractivity contribution in [2.75, 3.05) is 6.54 Å². The number of nitrogens with zero attached hydrogens (tertiary/aromatic N) is 1. The lowest BCUT2D eigenvalue weighted by Crippen LogP contribution is -2.29. The molecule has 0 saturated heterocycles. The van der Waals surface area contributed by atoms with Crippen LogP contribution in [0.4, 0.5) is 0 Å². The number of aromatic nitrogens is 1. The zero-order chi connectivity index (χ0) is 11.3. The molecule has 0 aliphatic carbocycles. The van der Waals surface area contributed by atoms with Gasteiger partial charge in [-0.25, -0.2) is 0 Å². The Balaban J connectivity index is 2.37. The molecule has 3 nitrogen and oxygen atoms in total. The third-order valence-corrected chi connectivity index (χ3v) is 2.97. The molecule has 1 N–H and O–H groups in total. The quantitative estimate of drug-likeness (QED) is 0.784. The van der Waals surface area contributed by atoms with Crippen LogP contribution in [0.1, 0.15) is 43.7 Å². The van der Waals surface area contributed by atoms with E-state index in [1.165, 1.54) is 18.4 Å². The van der Waals surface area contributed by atoms with E-state index >= 15 is 0 Å². The lowest BCUT2D eigenvalue weighted by Gasteiger charge is -2.14. The molecule has 0 bridgehead atoms. The van der Waals surface area contributed by atoms with Crippen LogP contribution >= 0.6 is 0 Å². The zero-order valence-corrected chi connectivity index (χ0v) is 10.3. The average Bonchev–Trinajstić information content (AvgIpc) is 2.55. The molecule has 1 aromatic rings. The Morgan fingerprint density at radius 2 is 1.93 bits per heavy atom. The van der Waals surface area contributed by atoms with Gasteiger partial charge in [0.2, 0.25) is 0 Å². The molecule has 0 aliphatic rings. The summed E-state index contributed by atoms with van der Waals surface area (Å²) in [6.07, 6.45) is 3.40. The van der Waals surface area contributed by atoms with Gasteiger partial charge in [0.05, 0.1) is 5.69 Å². The van der Waals surface area contributed by atoms with Gasteiger partial charge in [0, 0.05) is 11.6 Å². The van der Waals surface area contributed by atoms with Gasteiger partial charge in [-0.2, -0.15) is 0 Å². The van der Waals surface area contributed by atoms with Crippen LogP contribution in [-0.2, 0) is 6.42 Å². The highest BCUT2D eigenvalue weighted by molar-refractivity contribution is 5.20. The normalized spacial score (nSPS) is 11.3. The van der Waals surface area contributed by atoms with Crippen molar-refractivity contribution < 1.29 is 4.52 Å². The molecule has 0 aromatic carbocycles. The minimum atomic E-state index is 0.644. The van der Waals surface area contributed by atoms with Gasteiger partial charge in [0.1, 0.15) is 5.76 Å². The summed E-state index contributed by atoms with van der Waals surface area (Å²) in [4.78, 5) is 0. The van der Waals surface area contributed by atoms with Gasteiger partial charge in [-0.05, 0) is 39.7 Å². The predicted molar refractivity (Wildman–Crippen MR) is 62.1 cm³/mol. The van der Waals surface area contributed by atoms with Gasteiger partial charge in [0.15, 0.2) is 0 Å². The second-order valence-electron chi connectivity index (χ2n) is 4.02. The number of hydrogen-bond acceptors (Lipinski definition) is 3. The van der Waals surface area contributed by atoms with E-state index in [2.05, 4.69) is 24.3 Å². The average molecular weight is 210 g/mol. The SMILES string of the molecule is CCC(CC)NCCc1c(C)noc1C. The van der Waals surface area contributed by atoms with E-state index in [0.29, 0.717) is 6.04 Å². The van der Waals surface area contributed by atoms with Gasteiger partial charge in [-0.1, -0.05) is 19.0 Å². The van der Waals surface area contributed by atoms with Crippen LogP contribution in [0, 0.1) is 13.8 Å². The summed E-state index contributed by atoms with van der Waals surface area (Å²) in [5.74, 6) is 0.957. The van der Waals surface area contributed by atoms with E-state index in [9.17, 15) is 0 Å². The smallest absolute Gasteiger partial charge is 0.137 e. The molecule has 0 saturated carbocycles. The van der Waals surface area contributed by atoms with Crippen LogP contribution in [0.5, 0.6) is 0 Å². The zero-order valence-electron chi connectivity index (χ0n) is 10.3. The highest BCUT2D eigenvalue weighted by Gasteiger charge is 2.09. The molecule has 0 aliphatic heterocycles. The Labute approximate surface area is 92.2 Å². The maximum absolute atomic E-state index is 5.13. The largest absolute Gasteiger partial charge is 0.361 e.